The summed E-state index contributed by atoms with van der Waals surface area (Å²) in [6, 6.07) is 7.26. The van der Waals surface area contributed by atoms with Crippen LogP contribution in [0.4, 0.5) is 0 Å². The molecule has 0 aliphatic carbocycles. The molecule has 17 heavy (non-hydrogen) atoms. The first-order chi connectivity index (χ1) is 8.25. The van der Waals surface area contributed by atoms with Crippen molar-refractivity contribution >= 4 is 17.7 Å². The van der Waals surface area contributed by atoms with Crippen LogP contribution in [0.15, 0.2) is 47.8 Å². The second-order valence-electron chi connectivity index (χ2n) is 3.33. The molecule has 0 aromatic carbocycles. The molecule has 2 aromatic rings. The SMILES string of the molecule is O=C(O)c1cc(CSc2ccncc2)ccn1. The van der Waals surface area contributed by atoms with Crippen molar-refractivity contribution in [2.45, 2.75) is 10.6 Å². The lowest BCUT2D eigenvalue weighted by atomic mass is 10.2. The Morgan fingerprint density at radius 3 is 2.71 bits per heavy atom. The van der Waals surface area contributed by atoms with Crippen LogP contribution < -0.4 is 0 Å². The quantitative estimate of drug-likeness (QED) is 0.839. The van der Waals surface area contributed by atoms with E-state index >= 15 is 0 Å². The predicted octanol–water partition coefficient (Wildman–Crippen LogP) is 2.47. The summed E-state index contributed by atoms with van der Waals surface area (Å²) in [5.74, 6) is -0.284. The third kappa shape index (κ3) is 3.29. The Balaban J connectivity index is 2.04. The van der Waals surface area contributed by atoms with Gasteiger partial charge in [-0.05, 0) is 29.8 Å². The van der Waals surface area contributed by atoms with Crippen molar-refractivity contribution in [3.8, 4) is 0 Å². The van der Waals surface area contributed by atoms with Gasteiger partial charge in [-0.2, -0.15) is 0 Å². The normalized spacial score (nSPS) is 10.1. The van der Waals surface area contributed by atoms with E-state index in [1.54, 1.807) is 30.2 Å². The van der Waals surface area contributed by atoms with E-state index in [0.29, 0.717) is 5.75 Å². The van der Waals surface area contributed by atoms with Gasteiger partial charge in [0, 0.05) is 29.2 Å². The molecule has 2 rings (SSSR count). The summed E-state index contributed by atoms with van der Waals surface area (Å²) in [6.45, 7) is 0. The van der Waals surface area contributed by atoms with Gasteiger partial charge in [0.1, 0.15) is 5.69 Å². The molecular weight excluding hydrogens is 236 g/mol. The zero-order chi connectivity index (χ0) is 12.1. The van der Waals surface area contributed by atoms with E-state index in [0.717, 1.165) is 10.5 Å². The first-order valence-corrected chi connectivity index (χ1v) is 5.95. The monoisotopic (exact) mass is 246 g/mol. The molecule has 2 heterocycles. The summed E-state index contributed by atoms with van der Waals surface area (Å²) in [5, 5.41) is 8.82. The summed E-state index contributed by atoms with van der Waals surface area (Å²) in [4.78, 5) is 19.6. The molecule has 0 aliphatic heterocycles. The number of hydrogen-bond acceptors (Lipinski definition) is 4. The van der Waals surface area contributed by atoms with E-state index in [-0.39, 0.29) is 5.69 Å². The Morgan fingerprint density at radius 1 is 1.24 bits per heavy atom. The van der Waals surface area contributed by atoms with Crippen molar-refractivity contribution in [3.63, 3.8) is 0 Å². The van der Waals surface area contributed by atoms with Crippen LogP contribution in [-0.4, -0.2) is 21.0 Å². The number of aromatic carboxylic acids is 1. The van der Waals surface area contributed by atoms with Gasteiger partial charge in [0.05, 0.1) is 0 Å². The van der Waals surface area contributed by atoms with Gasteiger partial charge in [0.2, 0.25) is 0 Å². The second-order valence-corrected chi connectivity index (χ2v) is 4.37. The molecule has 86 valence electrons. The number of carboxylic acid groups (broad SMARTS) is 1. The molecular formula is C12H10N2O2S. The topological polar surface area (TPSA) is 63.1 Å². The fourth-order valence-corrected chi connectivity index (χ4v) is 2.11. The fraction of sp³-hybridized carbons (Fsp3) is 0.0833. The molecule has 0 fully saturated rings. The molecule has 5 heteroatoms. The third-order valence-electron chi connectivity index (χ3n) is 2.10. The number of carboxylic acids is 1. The first kappa shape index (κ1) is 11.6. The van der Waals surface area contributed by atoms with Crippen molar-refractivity contribution in [3.05, 3.63) is 54.1 Å². The Morgan fingerprint density at radius 2 is 2.00 bits per heavy atom. The van der Waals surface area contributed by atoms with Crippen LogP contribution in [0.5, 0.6) is 0 Å². The second kappa shape index (κ2) is 5.45. The third-order valence-corrected chi connectivity index (χ3v) is 3.18. The highest BCUT2D eigenvalue weighted by Crippen LogP contribution is 2.21. The van der Waals surface area contributed by atoms with Gasteiger partial charge in [0.25, 0.3) is 0 Å². The Labute approximate surface area is 103 Å². The van der Waals surface area contributed by atoms with E-state index in [4.69, 9.17) is 5.11 Å². The van der Waals surface area contributed by atoms with Gasteiger partial charge in [0.15, 0.2) is 0 Å². The highest BCUT2D eigenvalue weighted by molar-refractivity contribution is 7.98. The van der Waals surface area contributed by atoms with Gasteiger partial charge in [-0.15, -0.1) is 11.8 Å². The van der Waals surface area contributed by atoms with Crippen molar-refractivity contribution in [1.82, 2.24) is 9.97 Å². The molecule has 0 bridgehead atoms. The molecule has 4 nitrogen and oxygen atoms in total. The Kier molecular flexibility index (Phi) is 3.72. The predicted molar refractivity (Wildman–Crippen MR) is 65.0 cm³/mol. The summed E-state index contributed by atoms with van der Waals surface area (Å²) >= 11 is 1.63. The average molecular weight is 246 g/mol. The molecule has 1 N–H and O–H groups in total. The summed E-state index contributed by atoms with van der Waals surface area (Å²) < 4.78 is 0. The average Bonchev–Trinajstić information content (AvgIpc) is 2.38. The lowest BCUT2D eigenvalue weighted by Gasteiger charge is -2.02. The lowest BCUT2D eigenvalue weighted by Crippen LogP contribution is -2.00. The number of thioether (sulfide) groups is 1. The molecule has 0 radical (unpaired) electrons. The minimum atomic E-state index is -0.999. The lowest BCUT2D eigenvalue weighted by molar-refractivity contribution is 0.0690. The molecule has 0 aliphatic rings. The number of nitrogens with zero attached hydrogens (tertiary/aromatic N) is 2. The number of carbonyl (C=O) groups is 1. The molecule has 0 atom stereocenters. The zero-order valence-corrected chi connectivity index (χ0v) is 9.72. The zero-order valence-electron chi connectivity index (χ0n) is 8.91. The molecule has 0 amide bonds. The minimum Gasteiger partial charge on any atom is -0.477 e. The van der Waals surface area contributed by atoms with E-state index < -0.39 is 5.97 Å². The van der Waals surface area contributed by atoms with Crippen molar-refractivity contribution in [2.75, 3.05) is 0 Å². The summed E-state index contributed by atoms with van der Waals surface area (Å²) in [7, 11) is 0. The highest BCUT2D eigenvalue weighted by Gasteiger charge is 2.05. The van der Waals surface area contributed by atoms with Gasteiger partial charge in [-0.3, -0.25) is 4.98 Å². The van der Waals surface area contributed by atoms with E-state index in [1.807, 2.05) is 18.2 Å². The van der Waals surface area contributed by atoms with Gasteiger partial charge in [-0.1, -0.05) is 0 Å². The smallest absolute Gasteiger partial charge is 0.354 e. The molecule has 0 unspecified atom stereocenters. The van der Waals surface area contributed by atoms with Gasteiger partial charge in [-0.25, -0.2) is 9.78 Å². The summed E-state index contributed by atoms with van der Waals surface area (Å²) in [5.41, 5.74) is 1.03. The van der Waals surface area contributed by atoms with Crippen LogP contribution in [0, 0.1) is 0 Å². The van der Waals surface area contributed by atoms with Crippen LogP contribution in [0.3, 0.4) is 0 Å². The first-order valence-electron chi connectivity index (χ1n) is 4.97. The maximum Gasteiger partial charge on any atom is 0.354 e. The number of aromatic nitrogens is 2. The van der Waals surface area contributed by atoms with E-state index in [1.165, 1.54) is 6.20 Å². The fourth-order valence-electron chi connectivity index (χ4n) is 1.28. The van der Waals surface area contributed by atoms with Crippen molar-refractivity contribution in [2.24, 2.45) is 0 Å². The maximum atomic E-state index is 10.7. The van der Waals surface area contributed by atoms with Crippen molar-refractivity contribution in [1.29, 1.82) is 0 Å². The van der Waals surface area contributed by atoms with Gasteiger partial charge < -0.3 is 5.11 Å². The Bertz CT molecular complexity index is 517. The summed E-state index contributed by atoms with van der Waals surface area (Å²) in [6.07, 6.45) is 4.99. The standard InChI is InChI=1S/C12H10N2O2S/c15-12(16)11-7-9(1-6-14-11)8-17-10-2-4-13-5-3-10/h1-7H,8H2,(H,15,16). The Hall–Kier alpha value is -1.88. The van der Waals surface area contributed by atoms with Gasteiger partial charge >= 0.3 is 5.97 Å². The number of pyridine rings is 2. The molecule has 2 aromatic heterocycles. The van der Waals surface area contributed by atoms with Crippen LogP contribution in [0.2, 0.25) is 0 Å². The van der Waals surface area contributed by atoms with E-state index in [2.05, 4.69) is 9.97 Å². The molecule has 0 saturated carbocycles. The molecule has 0 saturated heterocycles. The maximum absolute atomic E-state index is 10.7. The van der Waals surface area contributed by atoms with Crippen LogP contribution >= 0.6 is 11.8 Å². The number of rotatable bonds is 4. The van der Waals surface area contributed by atoms with E-state index in [9.17, 15) is 4.79 Å². The highest BCUT2D eigenvalue weighted by atomic mass is 32.2. The van der Waals surface area contributed by atoms with Crippen LogP contribution in [0.1, 0.15) is 16.1 Å². The number of hydrogen-bond donors (Lipinski definition) is 1. The largest absolute Gasteiger partial charge is 0.477 e. The van der Waals surface area contributed by atoms with Crippen LogP contribution in [0.25, 0.3) is 0 Å². The van der Waals surface area contributed by atoms with Crippen LogP contribution in [-0.2, 0) is 5.75 Å². The van der Waals surface area contributed by atoms with Crippen molar-refractivity contribution < 1.29 is 9.90 Å². The minimum absolute atomic E-state index is 0.0813. The molecule has 0 spiro atoms.